The molecule has 132 valence electrons. The molecule has 1 aromatic carbocycles. The minimum absolute atomic E-state index is 0. The minimum atomic E-state index is -0.410. The van der Waals surface area contributed by atoms with Gasteiger partial charge in [-0.3, -0.25) is 4.79 Å². The number of aromatic nitrogens is 2. The van der Waals surface area contributed by atoms with E-state index in [2.05, 4.69) is 15.5 Å². The molecule has 1 aromatic heterocycles. The molecule has 1 atom stereocenters. The quantitative estimate of drug-likeness (QED) is 0.761. The fraction of sp³-hybridized carbons (Fsp3) is 0.471. The van der Waals surface area contributed by atoms with Crippen LogP contribution in [0, 0.1) is 0 Å². The minimum Gasteiger partial charge on any atom is -0.354 e. The third-order valence-corrected chi connectivity index (χ3v) is 3.63. The van der Waals surface area contributed by atoms with Crippen molar-refractivity contribution in [3.63, 3.8) is 0 Å². The van der Waals surface area contributed by atoms with Crippen LogP contribution < -0.4 is 11.1 Å². The Morgan fingerprint density at radius 1 is 1.29 bits per heavy atom. The number of nitrogens with zero attached hydrogens (tertiary/aromatic N) is 2. The number of benzene rings is 1. The first-order valence-electron chi connectivity index (χ1n) is 8.09. The number of halogens is 1. The number of aryl methyl sites for hydroxylation is 1. The second kappa shape index (κ2) is 10.1. The van der Waals surface area contributed by atoms with Crippen LogP contribution in [0.2, 0.25) is 0 Å². The molecule has 0 saturated carbocycles. The lowest BCUT2D eigenvalue weighted by Gasteiger charge is -2.11. The van der Waals surface area contributed by atoms with Gasteiger partial charge < -0.3 is 15.6 Å². The Morgan fingerprint density at radius 3 is 2.58 bits per heavy atom. The van der Waals surface area contributed by atoms with Crippen molar-refractivity contribution in [3.8, 4) is 11.5 Å². The van der Waals surface area contributed by atoms with Crippen LogP contribution in [-0.4, -0.2) is 28.6 Å². The van der Waals surface area contributed by atoms with Gasteiger partial charge in [-0.05, 0) is 30.5 Å². The lowest BCUT2D eigenvalue weighted by atomic mass is 10.1. The molecule has 0 aliphatic rings. The normalized spacial score (nSPS) is 11.6. The molecule has 0 aliphatic carbocycles. The van der Waals surface area contributed by atoms with Crippen LogP contribution in [0.25, 0.3) is 11.5 Å². The van der Waals surface area contributed by atoms with E-state index >= 15 is 0 Å². The molecular formula is C17H25ClN4O2. The smallest absolute Gasteiger partial charge is 0.257 e. The number of hydrogen-bond acceptors (Lipinski definition) is 5. The number of carbonyl (C=O) groups is 1. The number of amides is 1. The van der Waals surface area contributed by atoms with Gasteiger partial charge in [-0.1, -0.05) is 37.6 Å². The Bertz CT molecular complexity index is 628. The zero-order valence-electron chi connectivity index (χ0n) is 14.1. The van der Waals surface area contributed by atoms with Crippen LogP contribution in [0.4, 0.5) is 0 Å². The van der Waals surface area contributed by atoms with Gasteiger partial charge in [-0.25, -0.2) is 0 Å². The summed E-state index contributed by atoms with van der Waals surface area (Å²) in [6, 6.07) is 7.50. The molecular weight excluding hydrogens is 328 g/mol. The average Bonchev–Trinajstić information content (AvgIpc) is 3.04. The molecule has 0 fully saturated rings. The third-order valence-electron chi connectivity index (χ3n) is 3.63. The molecule has 0 aliphatic heterocycles. The second-order valence-electron chi connectivity index (χ2n) is 5.50. The molecule has 1 unspecified atom stereocenters. The topological polar surface area (TPSA) is 94.0 Å². The van der Waals surface area contributed by atoms with Crippen molar-refractivity contribution in [2.75, 3.05) is 6.54 Å². The molecule has 0 radical (unpaired) electrons. The Kier molecular flexibility index (Phi) is 8.43. The molecule has 0 spiro atoms. The van der Waals surface area contributed by atoms with Gasteiger partial charge in [0.15, 0.2) is 5.82 Å². The molecule has 24 heavy (non-hydrogen) atoms. The maximum Gasteiger partial charge on any atom is 0.257 e. The van der Waals surface area contributed by atoms with Gasteiger partial charge in [0.1, 0.15) is 0 Å². The Hall–Kier alpha value is -1.92. The first-order chi connectivity index (χ1) is 11.1. The first-order valence-corrected chi connectivity index (χ1v) is 8.09. The number of carbonyl (C=O) groups excluding carboxylic acids is 1. The van der Waals surface area contributed by atoms with Gasteiger partial charge in [-0.15, -0.1) is 12.4 Å². The summed E-state index contributed by atoms with van der Waals surface area (Å²) in [5.41, 5.74) is 7.80. The standard InChI is InChI=1S/C17H24N4O2.ClH/c1-3-5-14(18)16(22)19-11-10-12-6-8-13(9-7-12)17-20-15(4-2)21-23-17;/h6-9,14H,3-5,10-11,18H2,1-2H3,(H,19,22);1H. The summed E-state index contributed by atoms with van der Waals surface area (Å²) in [5.74, 6) is 1.16. The highest BCUT2D eigenvalue weighted by molar-refractivity contribution is 5.85. The maximum atomic E-state index is 11.7. The van der Waals surface area contributed by atoms with Gasteiger partial charge in [-0.2, -0.15) is 4.98 Å². The van der Waals surface area contributed by atoms with Crippen molar-refractivity contribution < 1.29 is 9.32 Å². The summed E-state index contributed by atoms with van der Waals surface area (Å²) >= 11 is 0. The third kappa shape index (κ3) is 5.62. The molecule has 6 nitrogen and oxygen atoms in total. The van der Waals surface area contributed by atoms with Gasteiger partial charge in [0.05, 0.1) is 6.04 Å². The van der Waals surface area contributed by atoms with Crippen molar-refractivity contribution in [2.45, 2.75) is 45.6 Å². The zero-order valence-corrected chi connectivity index (χ0v) is 14.9. The number of nitrogens with one attached hydrogen (secondary N) is 1. The maximum absolute atomic E-state index is 11.7. The van der Waals surface area contributed by atoms with E-state index in [1.54, 1.807) is 0 Å². The van der Waals surface area contributed by atoms with Crippen LogP contribution in [0.15, 0.2) is 28.8 Å². The molecule has 0 bridgehead atoms. The van der Waals surface area contributed by atoms with Crippen molar-refractivity contribution in [1.82, 2.24) is 15.5 Å². The number of hydrogen-bond donors (Lipinski definition) is 2. The summed E-state index contributed by atoms with van der Waals surface area (Å²) in [6.07, 6.45) is 3.13. The van der Waals surface area contributed by atoms with E-state index in [0.29, 0.717) is 24.7 Å². The number of rotatable bonds is 8. The van der Waals surface area contributed by atoms with Crippen LogP contribution in [0.3, 0.4) is 0 Å². The lowest BCUT2D eigenvalue weighted by Crippen LogP contribution is -2.41. The van der Waals surface area contributed by atoms with Crippen LogP contribution in [-0.2, 0) is 17.6 Å². The summed E-state index contributed by atoms with van der Waals surface area (Å²) in [7, 11) is 0. The SMILES string of the molecule is CCCC(N)C(=O)NCCc1ccc(-c2nc(CC)no2)cc1.Cl. The first kappa shape index (κ1) is 20.1. The zero-order chi connectivity index (χ0) is 16.7. The lowest BCUT2D eigenvalue weighted by molar-refractivity contribution is -0.122. The molecule has 1 heterocycles. The Morgan fingerprint density at radius 2 is 2.00 bits per heavy atom. The van der Waals surface area contributed by atoms with Crippen LogP contribution >= 0.6 is 12.4 Å². The van der Waals surface area contributed by atoms with E-state index in [0.717, 1.165) is 30.4 Å². The summed E-state index contributed by atoms with van der Waals surface area (Å²) in [5, 5.41) is 6.76. The van der Waals surface area contributed by atoms with Crippen molar-refractivity contribution in [2.24, 2.45) is 5.73 Å². The predicted octanol–water partition coefficient (Wildman–Crippen LogP) is 2.51. The predicted molar refractivity (Wildman–Crippen MR) is 96.0 cm³/mol. The average molecular weight is 353 g/mol. The summed E-state index contributed by atoms with van der Waals surface area (Å²) < 4.78 is 5.21. The highest BCUT2D eigenvalue weighted by Gasteiger charge is 2.11. The van der Waals surface area contributed by atoms with E-state index in [1.165, 1.54) is 0 Å². The molecule has 3 N–H and O–H groups in total. The van der Waals surface area contributed by atoms with E-state index in [-0.39, 0.29) is 18.3 Å². The summed E-state index contributed by atoms with van der Waals surface area (Å²) in [6.45, 7) is 4.58. The largest absolute Gasteiger partial charge is 0.354 e. The Balaban J connectivity index is 0.00000288. The summed E-state index contributed by atoms with van der Waals surface area (Å²) in [4.78, 5) is 16.0. The van der Waals surface area contributed by atoms with E-state index in [4.69, 9.17) is 10.3 Å². The monoisotopic (exact) mass is 352 g/mol. The molecule has 7 heteroatoms. The van der Waals surface area contributed by atoms with Gasteiger partial charge >= 0.3 is 0 Å². The van der Waals surface area contributed by atoms with Gasteiger partial charge in [0, 0.05) is 18.5 Å². The number of nitrogens with two attached hydrogens (primary N) is 1. The van der Waals surface area contributed by atoms with Crippen LogP contribution in [0.1, 0.15) is 38.1 Å². The van der Waals surface area contributed by atoms with Crippen molar-refractivity contribution >= 4 is 18.3 Å². The molecule has 1 amide bonds. The van der Waals surface area contributed by atoms with E-state index in [1.807, 2.05) is 38.1 Å². The van der Waals surface area contributed by atoms with Gasteiger partial charge in [0.2, 0.25) is 5.91 Å². The highest BCUT2D eigenvalue weighted by Crippen LogP contribution is 2.18. The van der Waals surface area contributed by atoms with E-state index in [9.17, 15) is 4.79 Å². The van der Waals surface area contributed by atoms with Crippen molar-refractivity contribution in [1.29, 1.82) is 0 Å². The fourth-order valence-corrected chi connectivity index (χ4v) is 2.23. The highest BCUT2D eigenvalue weighted by atomic mass is 35.5. The molecule has 2 rings (SSSR count). The van der Waals surface area contributed by atoms with Crippen molar-refractivity contribution in [3.05, 3.63) is 35.7 Å². The van der Waals surface area contributed by atoms with Crippen LogP contribution in [0.5, 0.6) is 0 Å². The molecule has 0 saturated heterocycles. The van der Waals surface area contributed by atoms with E-state index < -0.39 is 6.04 Å². The second-order valence-corrected chi connectivity index (χ2v) is 5.50. The van der Waals surface area contributed by atoms with Gasteiger partial charge in [0.25, 0.3) is 5.89 Å². The fourth-order valence-electron chi connectivity index (χ4n) is 2.23. The Labute approximate surface area is 148 Å². The molecule has 2 aromatic rings.